The molecule has 5 nitrogen and oxygen atoms in total. The highest BCUT2D eigenvalue weighted by Crippen LogP contribution is 2.19. The van der Waals surface area contributed by atoms with Gasteiger partial charge in [-0.15, -0.1) is 6.42 Å². The molecule has 1 N–H and O–H groups in total. The molecule has 0 aliphatic heterocycles. The number of fused-ring (bicyclic) bond motifs is 1. The summed E-state index contributed by atoms with van der Waals surface area (Å²) >= 11 is 0. The van der Waals surface area contributed by atoms with E-state index in [1.807, 2.05) is 42.0 Å². The number of carbonyl (C=O) groups excluding carboxylic acids is 1. The second-order valence-electron chi connectivity index (χ2n) is 6.01. The molecular formula is C22H21N3O2. The van der Waals surface area contributed by atoms with Gasteiger partial charge in [0.15, 0.2) is 0 Å². The molecule has 1 heterocycles. The van der Waals surface area contributed by atoms with Gasteiger partial charge >= 0.3 is 0 Å². The zero-order valence-corrected chi connectivity index (χ0v) is 15.2. The van der Waals surface area contributed by atoms with Crippen LogP contribution in [0.1, 0.15) is 29.3 Å². The van der Waals surface area contributed by atoms with Gasteiger partial charge in [-0.2, -0.15) is 5.10 Å². The van der Waals surface area contributed by atoms with Gasteiger partial charge in [-0.25, -0.2) is 5.43 Å². The molecule has 0 spiro atoms. The standard InChI is InChI=1S/C22H21N3O2/c1-3-13-25-16-18(20-7-5-6-8-21(20)25)15-23-24-22(26)17-9-11-19(12-10-17)27-14-4-2/h1,5-12,15-16H,4,13-14H2,2H3,(H,24,26)/b23-15+. The van der Waals surface area contributed by atoms with Crippen LogP contribution in [0.4, 0.5) is 0 Å². The fourth-order valence-electron chi connectivity index (χ4n) is 2.75. The van der Waals surface area contributed by atoms with Gasteiger partial charge in [0, 0.05) is 28.2 Å². The van der Waals surface area contributed by atoms with Crippen LogP contribution in [0, 0.1) is 12.3 Å². The Balaban J connectivity index is 1.69. The Kier molecular flexibility index (Phi) is 5.91. The first-order valence-corrected chi connectivity index (χ1v) is 8.80. The molecular weight excluding hydrogens is 338 g/mol. The van der Waals surface area contributed by atoms with Crippen molar-refractivity contribution in [2.24, 2.45) is 5.10 Å². The summed E-state index contributed by atoms with van der Waals surface area (Å²) in [6.45, 7) is 3.18. The Morgan fingerprint density at radius 3 is 2.78 bits per heavy atom. The van der Waals surface area contributed by atoms with Crippen molar-refractivity contribution < 1.29 is 9.53 Å². The Morgan fingerprint density at radius 1 is 1.26 bits per heavy atom. The number of hydrazone groups is 1. The third-order valence-corrected chi connectivity index (χ3v) is 4.04. The normalized spacial score (nSPS) is 10.8. The Hall–Kier alpha value is -3.52. The molecule has 0 bridgehead atoms. The molecule has 0 atom stereocenters. The Labute approximate surface area is 158 Å². The molecule has 5 heteroatoms. The van der Waals surface area contributed by atoms with E-state index >= 15 is 0 Å². The number of para-hydroxylation sites is 1. The van der Waals surface area contributed by atoms with E-state index in [0.717, 1.165) is 28.6 Å². The van der Waals surface area contributed by atoms with Gasteiger partial charge in [0.2, 0.25) is 0 Å². The van der Waals surface area contributed by atoms with E-state index in [1.165, 1.54) is 0 Å². The summed E-state index contributed by atoms with van der Waals surface area (Å²) in [6.07, 6.45) is 9.93. The van der Waals surface area contributed by atoms with Crippen molar-refractivity contribution in [3.05, 3.63) is 65.9 Å². The third kappa shape index (κ3) is 4.36. The number of aromatic nitrogens is 1. The van der Waals surface area contributed by atoms with Crippen LogP contribution in [0.25, 0.3) is 10.9 Å². The molecule has 1 amide bonds. The zero-order valence-electron chi connectivity index (χ0n) is 15.2. The van der Waals surface area contributed by atoms with Crippen molar-refractivity contribution in [3.63, 3.8) is 0 Å². The first kappa shape index (κ1) is 18.3. The van der Waals surface area contributed by atoms with Crippen molar-refractivity contribution in [2.75, 3.05) is 6.61 Å². The van der Waals surface area contributed by atoms with Gasteiger partial charge in [0.1, 0.15) is 5.75 Å². The molecule has 3 aromatic rings. The minimum atomic E-state index is -0.277. The molecule has 0 aliphatic rings. The van der Waals surface area contributed by atoms with Crippen LogP contribution in [-0.2, 0) is 6.54 Å². The van der Waals surface area contributed by atoms with Crippen LogP contribution < -0.4 is 10.2 Å². The van der Waals surface area contributed by atoms with Crippen LogP contribution >= 0.6 is 0 Å². The smallest absolute Gasteiger partial charge is 0.271 e. The maximum Gasteiger partial charge on any atom is 0.271 e. The minimum absolute atomic E-state index is 0.277. The number of carbonyl (C=O) groups is 1. The average molecular weight is 359 g/mol. The van der Waals surface area contributed by atoms with E-state index in [0.29, 0.717) is 18.7 Å². The lowest BCUT2D eigenvalue weighted by molar-refractivity contribution is 0.0955. The molecule has 0 saturated heterocycles. The lowest BCUT2D eigenvalue weighted by Crippen LogP contribution is -2.17. The van der Waals surface area contributed by atoms with Crippen LogP contribution in [0.5, 0.6) is 5.75 Å². The van der Waals surface area contributed by atoms with E-state index in [9.17, 15) is 4.79 Å². The Morgan fingerprint density at radius 2 is 2.04 bits per heavy atom. The Bertz CT molecular complexity index is 995. The molecule has 0 fully saturated rings. The number of ether oxygens (including phenoxy) is 1. The molecule has 136 valence electrons. The maximum absolute atomic E-state index is 12.2. The molecule has 0 aliphatic carbocycles. The van der Waals surface area contributed by atoms with Gasteiger partial charge in [-0.3, -0.25) is 4.79 Å². The summed E-state index contributed by atoms with van der Waals surface area (Å²) in [4.78, 5) is 12.2. The number of rotatable bonds is 7. The predicted molar refractivity (Wildman–Crippen MR) is 108 cm³/mol. The van der Waals surface area contributed by atoms with Crippen molar-refractivity contribution in [3.8, 4) is 18.1 Å². The minimum Gasteiger partial charge on any atom is -0.494 e. The summed E-state index contributed by atoms with van der Waals surface area (Å²) in [5.74, 6) is 3.11. The van der Waals surface area contributed by atoms with Gasteiger partial charge in [-0.05, 0) is 36.8 Å². The number of amides is 1. The summed E-state index contributed by atoms with van der Waals surface area (Å²) in [5, 5.41) is 5.12. The van der Waals surface area contributed by atoms with E-state index in [2.05, 4.69) is 16.4 Å². The number of hydrogen-bond donors (Lipinski definition) is 1. The second-order valence-corrected chi connectivity index (χ2v) is 6.01. The fourth-order valence-corrected chi connectivity index (χ4v) is 2.75. The summed E-state index contributed by atoms with van der Waals surface area (Å²) in [7, 11) is 0. The number of terminal acetylenes is 1. The van der Waals surface area contributed by atoms with Gasteiger partial charge in [-0.1, -0.05) is 31.0 Å². The number of hydrogen-bond acceptors (Lipinski definition) is 3. The van der Waals surface area contributed by atoms with Crippen LogP contribution in [0.3, 0.4) is 0 Å². The lowest BCUT2D eigenvalue weighted by atomic mass is 10.2. The van der Waals surface area contributed by atoms with Gasteiger partial charge in [0.05, 0.1) is 19.4 Å². The van der Waals surface area contributed by atoms with E-state index < -0.39 is 0 Å². The molecule has 0 radical (unpaired) electrons. The van der Waals surface area contributed by atoms with Gasteiger partial charge < -0.3 is 9.30 Å². The van der Waals surface area contributed by atoms with Crippen LogP contribution in [-0.4, -0.2) is 23.3 Å². The largest absolute Gasteiger partial charge is 0.494 e. The molecule has 27 heavy (non-hydrogen) atoms. The van der Waals surface area contributed by atoms with Crippen molar-refractivity contribution in [1.82, 2.24) is 9.99 Å². The van der Waals surface area contributed by atoms with Crippen molar-refractivity contribution >= 4 is 23.0 Å². The quantitative estimate of drug-likeness (QED) is 0.396. The second kappa shape index (κ2) is 8.72. The molecule has 0 unspecified atom stereocenters. The van der Waals surface area contributed by atoms with Crippen LogP contribution in [0.2, 0.25) is 0 Å². The number of benzene rings is 2. The SMILES string of the molecule is C#CCn1cc(/C=N/NC(=O)c2ccc(OCCC)cc2)c2ccccc21. The zero-order chi connectivity index (χ0) is 19.1. The highest BCUT2D eigenvalue weighted by Gasteiger charge is 2.07. The van der Waals surface area contributed by atoms with E-state index in [-0.39, 0.29) is 5.91 Å². The summed E-state index contributed by atoms with van der Waals surface area (Å²) < 4.78 is 7.49. The fraction of sp³-hybridized carbons (Fsp3) is 0.182. The highest BCUT2D eigenvalue weighted by molar-refractivity contribution is 6.00. The lowest BCUT2D eigenvalue weighted by Gasteiger charge is -2.05. The number of nitrogens with zero attached hydrogens (tertiary/aromatic N) is 2. The molecule has 2 aromatic carbocycles. The summed E-state index contributed by atoms with van der Waals surface area (Å²) in [6, 6.07) is 14.9. The topological polar surface area (TPSA) is 55.6 Å². The van der Waals surface area contributed by atoms with E-state index in [1.54, 1.807) is 30.5 Å². The first-order valence-electron chi connectivity index (χ1n) is 8.80. The highest BCUT2D eigenvalue weighted by atomic mass is 16.5. The third-order valence-electron chi connectivity index (χ3n) is 4.04. The van der Waals surface area contributed by atoms with E-state index in [4.69, 9.17) is 11.2 Å². The maximum atomic E-state index is 12.2. The predicted octanol–water partition coefficient (Wildman–Crippen LogP) is 3.83. The number of nitrogens with one attached hydrogen (secondary N) is 1. The van der Waals surface area contributed by atoms with Crippen LogP contribution in [0.15, 0.2) is 59.8 Å². The molecule has 1 aromatic heterocycles. The average Bonchev–Trinajstić information content (AvgIpc) is 3.05. The van der Waals surface area contributed by atoms with Crippen molar-refractivity contribution in [1.29, 1.82) is 0 Å². The summed E-state index contributed by atoms with van der Waals surface area (Å²) in [5.41, 5.74) is 5.00. The van der Waals surface area contributed by atoms with Gasteiger partial charge in [0.25, 0.3) is 5.91 Å². The monoisotopic (exact) mass is 359 g/mol. The van der Waals surface area contributed by atoms with Crippen molar-refractivity contribution in [2.45, 2.75) is 19.9 Å². The molecule has 3 rings (SSSR count). The first-order chi connectivity index (χ1) is 13.2. The molecule has 0 saturated carbocycles.